The summed E-state index contributed by atoms with van der Waals surface area (Å²) in [6, 6.07) is 9.08. The van der Waals surface area contributed by atoms with Crippen LogP contribution in [0.15, 0.2) is 36.4 Å². The second-order valence-electron chi connectivity index (χ2n) is 15.3. The van der Waals surface area contributed by atoms with Gasteiger partial charge >= 0.3 is 0 Å². The number of aromatic hydroxyl groups is 1. The molecule has 0 saturated carbocycles. The van der Waals surface area contributed by atoms with E-state index in [1.54, 1.807) is 18.2 Å². The molecule has 22 nitrogen and oxygen atoms in total. The van der Waals surface area contributed by atoms with Gasteiger partial charge in [-0.15, -0.1) is 0 Å². The lowest BCUT2D eigenvalue weighted by molar-refractivity contribution is -0.383. The van der Waals surface area contributed by atoms with Gasteiger partial charge in [-0.3, -0.25) is 0 Å². The second kappa shape index (κ2) is 19.1. The maximum atomic E-state index is 12.3. The van der Waals surface area contributed by atoms with Gasteiger partial charge in [0.15, 0.2) is 29.3 Å². The summed E-state index contributed by atoms with van der Waals surface area (Å²) in [7, 11) is 2.70. The fourth-order valence-electron chi connectivity index (χ4n) is 7.86. The predicted octanol–water partition coefficient (Wildman–Crippen LogP) is -5.11. The molecule has 0 aliphatic carbocycles. The molecule has 2 aromatic rings. The summed E-state index contributed by atoms with van der Waals surface area (Å²) in [5.41, 5.74) is -0.686. The van der Waals surface area contributed by atoms with E-state index in [0.29, 0.717) is 11.1 Å². The van der Waals surface area contributed by atoms with Crippen LogP contribution in [0.1, 0.15) is 17.2 Å². The van der Waals surface area contributed by atoms with Gasteiger partial charge in [-0.2, -0.15) is 0 Å². The minimum atomic E-state index is -2.43. The predicted molar refractivity (Wildman–Crippen MR) is 195 cm³/mol. The van der Waals surface area contributed by atoms with E-state index in [0.717, 1.165) is 0 Å². The average molecular weight is 863 g/mol. The van der Waals surface area contributed by atoms with Gasteiger partial charge < -0.3 is 109 Å². The molecule has 4 saturated heterocycles. The number of benzene rings is 2. The van der Waals surface area contributed by atoms with Crippen molar-refractivity contribution in [1.82, 2.24) is 0 Å². The first-order valence-electron chi connectivity index (χ1n) is 19.1. The number of hydrogen-bond donors (Lipinski definition) is 13. The monoisotopic (exact) mass is 862 g/mol. The molecule has 6 rings (SSSR count). The standard InChI is InChI=1S/C38H54O22/c1-52-21-8-17(4-5-19(21)42)33-18(12-54-13-25-28(45)34(50)38(14-41,59-25)60-36-32(49)30(47)27(44)24(11-40)58-36)37(51,15-55-33)9-16-3-6-20(22(7-16)53-2)56-35-31(48)29(46)26(43)23(10-39)57-35/h3-8,18,23-36,39-51H,9-15H2,1-2H3/t18-,23-,24-,25-,26-,27-,28-,29+,30+,31-,32-,33-,34+,35?,36?,37-,38-/m1/s1. The van der Waals surface area contributed by atoms with Gasteiger partial charge in [-0.1, -0.05) is 12.1 Å². The molecular weight excluding hydrogens is 808 g/mol. The van der Waals surface area contributed by atoms with Crippen LogP contribution in [0.2, 0.25) is 0 Å². The van der Waals surface area contributed by atoms with E-state index in [9.17, 15) is 66.4 Å². The van der Waals surface area contributed by atoms with Crippen LogP contribution in [0.5, 0.6) is 23.0 Å². The fraction of sp³-hybridized carbons (Fsp3) is 0.684. The highest BCUT2D eigenvalue weighted by Crippen LogP contribution is 2.46. The van der Waals surface area contributed by atoms with Crippen molar-refractivity contribution in [2.45, 2.75) is 104 Å². The van der Waals surface area contributed by atoms with Gasteiger partial charge in [-0.25, -0.2) is 0 Å². The molecule has 0 bridgehead atoms. The molecule has 60 heavy (non-hydrogen) atoms. The van der Waals surface area contributed by atoms with Crippen molar-refractivity contribution in [3.63, 3.8) is 0 Å². The number of aliphatic hydroxyl groups excluding tert-OH is 11. The summed E-state index contributed by atoms with van der Waals surface area (Å²) in [6.45, 7) is -3.51. The number of rotatable bonds is 16. The zero-order valence-corrected chi connectivity index (χ0v) is 32.6. The maximum Gasteiger partial charge on any atom is 0.229 e. The van der Waals surface area contributed by atoms with Crippen LogP contribution in [0, 0.1) is 5.92 Å². The normalized spacial score (nSPS) is 40.7. The average Bonchev–Trinajstić information content (AvgIpc) is 3.69. The van der Waals surface area contributed by atoms with Crippen LogP contribution >= 0.6 is 0 Å². The lowest BCUT2D eigenvalue weighted by atomic mass is 9.80. The van der Waals surface area contributed by atoms with Crippen LogP contribution in [0.4, 0.5) is 0 Å². The molecule has 4 fully saturated rings. The van der Waals surface area contributed by atoms with E-state index in [-0.39, 0.29) is 42.6 Å². The maximum absolute atomic E-state index is 12.3. The Morgan fingerprint density at radius 2 is 1.32 bits per heavy atom. The molecule has 0 amide bonds. The van der Waals surface area contributed by atoms with Crippen molar-refractivity contribution in [3.8, 4) is 23.0 Å². The summed E-state index contributed by atoms with van der Waals surface area (Å²) < 4.78 is 50.9. The molecule has 338 valence electrons. The molecule has 0 spiro atoms. The minimum absolute atomic E-state index is 0.0565. The Morgan fingerprint density at radius 3 is 1.93 bits per heavy atom. The summed E-state index contributed by atoms with van der Waals surface area (Å²) in [5, 5.41) is 136. The Morgan fingerprint density at radius 1 is 0.683 bits per heavy atom. The molecular formula is C38H54O22. The van der Waals surface area contributed by atoms with Gasteiger partial charge in [0.05, 0.1) is 59.0 Å². The Bertz CT molecular complexity index is 1720. The third kappa shape index (κ3) is 9.04. The number of phenolic OH excluding ortho intramolecular Hbond substituents is 1. The first-order valence-corrected chi connectivity index (χ1v) is 19.1. The summed E-state index contributed by atoms with van der Waals surface area (Å²) in [5.74, 6) is -3.16. The molecule has 4 aliphatic rings. The molecule has 2 unspecified atom stereocenters. The summed E-state index contributed by atoms with van der Waals surface area (Å²) in [4.78, 5) is 0. The first-order chi connectivity index (χ1) is 28.5. The van der Waals surface area contributed by atoms with Gasteiger partial charge in [0.1, 0.15) is 73.8 Å². The highest BCUT2D eigenvalue weighted by Gasteiger charge is 2.59. The highest BCUT2D eigenvalue weighted by atomic mass is 16.8. The van der Waals surface area contributed by atoms with Crippen molar-refractivity contribution >= 4 is 0 Å². The van der Waals surface area contributed by atoms with Crippen LogP contribution in [0.3, 0.4) is 0 Å². The Kier molecular flexibility index (Phi) is 14.8. The van der Waals surface area contributed by atoms with Gasteiger partial charge in [0.2, 0.25) is 12.1 Å². The molecule has 0 aromatic heterocycles. The van der Waals surface area contributed by atoms with E-state index < -0.39 is 130 Å². The van der Waals surface area contributed by atoms with E-state index >= 15 is 0 Å². The molecule has 4 heterocycles. The molecule has 4 aliphatic heterocycles. The van der Waals surface area contributed by atoms with Crippen LogP contribution < -0.4 is 14.2 Å². The lowest BCUT2D eigenvalue weighted by Gasteiger charge is -2.43. The first kappa shape index (κ1) is 46.4. The quantitative estimate of drug-likeness (QED) is 0.0751. The minimum Gasteiger partial charge on any atom is -0.504 e. The topological polar surface area (TPSA) is 346 Å². The van der Waals surface area contributed by atoms with Crippen molar-refractivity contribution in [2.24, 2.45) is 5.92 Å². The van der Waals surface area contributed by atoms with Crippen molar-refractivity contribution in [1.29, 1.82) is 0 Å². The fourth-order valence-corrected chi connectivity index (χ4v) is 7.86. The van der Waals surface area contributed by atoms with Crippen molar-refractivity contribution in [2.75, 3.05) is 53.9 Å². The lowest BCUT2D eigenvalue weighted by Crippen LogP contribution is -2.62. The number of hydrogen-bond acceptors (Lipinski definition) is 22. The van der Waals surface area contributed by atoms with E-state index in [1.165, 1.54) is 32.4 Å². The molecule has 22 heteroatoms. The van der Waals surface area contributed by atoms with E-state index in [1.807, 2.05) is 0 Å². The number of aliphatic hydroxyl groups is 12. The van der Waals surface area contributed by atoms with Crippen molar-refractivity contribution < 1.29 is 109 Å². The Balaban J connectivity index is 1.19. The molecule has 13 N–H and O–H groups in total. The Hall–Kier alpha value is -3.08. The van der Waals surface area contributed by atoms with E-state index in [4.69, 9.17) is 42.6 Å². The second-order valence-corrected chi connectivity index (χ2v) is 15.3. The largest absolute Gasteiger partial charge is 0.504 e. The molecule has 0 radical (unpaired) electrons. The SMILES string of the molecule is COc1cc([C@H]2OC[C@](O)(Cc3ccc(OC4O[C@H](CO)[C@@H](O)[C@H](O)[C@H]4O)c(OC)c3)[C@@H]2COC[C@H]2O[C@](CO)(OC3O[C@H](CO)[C@@H](O)[C@H](O)[C@H]3O)[C@@H](O)[C@@H]2O)ccc1O. The highest BCUT2D eigenvalue weighted by molar-refractivity contribution is 5.45. The number of ether oxygens (including phenoxy) is 9. The Labute approximate surface area is 342 Å². The van der Waals surface area contributed by atoms with Crippen LogP contribution in [0.25, 0.3) is 0 Å². The third-order valence-corrected chi connectivity index (χ3v) is 11.4. The zero-order valence-electron chi connectivity index (χ0n) is 32.6. The van der Waals surface area contributed by atoms with E-state index in [2.05, 4.69) is 0 Å². The number of methoxy groups -OCH3 is 2. The number of phenols is 1. The molecule has 17 atom stereocenters. The van der Waals surface area contributed by atoms with Crippen molar-refractivity contribution in [3.05, 3.63) is 47.5 Å². The van der Waals surface area contributed by atoms with Crippen LogP contribution in [-0.4, -0.2) is 211 Å². The summed E-state index contributed by atoms with van der Waals surface area (Å²) in [6.07, 6.45) is -22.4. The molecule has 2 aromatic carbocycles. The summed E-state index contributed by atoms with van der Waals surface area (Å²) >= 11 is 0. The third-order valence-electron chi connectivity index (χ3n) is 11.4. The van der Waals surface area contributed by atoms with Gasteiger partial charge in [0.25, 0.3) is 0 Å². The van der Waals surface area contributed by atoms with Gasteiger partial charge in [0, 0.05) is 12.3 Å². The zero-order chi connectivity index (χ0) is 43.7. The smallest absolute Gasteiger partial charge is 0.229 e. The van der Waals surface area contributed by atoms with Gasteiger partial charge in [-0.05, 0) is 35.4 Å². The van der Waals surface area contributed by atoms with Crippen LogP contribution in [-0.2, 0) is 34.8 Å².